The summed E-state index contributed by atoms with van der Waals surface area (Å²) in [5, 5.41) is 12.1. The summed E-state index contributed by atoms with van der Waals surface area (Å²) in [6, 6.07) is 0. The van der Waals surface area contributed by atoms with Crippen LogP contribution in [0.2, 0.25) is 0 Å². The Bertz CT molecular complexity index is 209. The molecule has 0 amide bonds. The van der Waals surface area contributed by atoms with Crippen LogP contribution in [0.3, 0.4) is 0 Å². The van der Waals surface area contributed by atoms with Crippen molar-refractivity contribution in [2.75, 3.05) is 0 Å². The quantitative estimate of drug-likeness (QED) is 0.436. The van der Waals surface area contributed by atoms with Gasteiger partial charge in [0.2, 0.25) is 0 Å². The topological polar surface area (TPSA) is 23.1 Å². The van der Waals surface area contributed by atoms with Gasteiger partial charge in [0.1, 0.15) is 0 Å². The minimum Gasteiger partial charge on any atom is -0.875 e. The van der Waals surface area contributed by atoms with Gasteiger partial charge < -0.3 is 5.11 Å². The molecule has 0 saturated heterocycles. The van der Waals surface area contributed by atoms with E-state index in [1.807, 2.05) is 0 Å². The van der Waals surface area contributed by atoms with Crippen molar-refractivity contribution in [3.8, 4) is 0 Å². The predicted molar refractivity (Wildman–Crippen MR) is 56.7 cm³/mol. The minimum atomic E-state index is 0. The van der Waals surface area contributed by atoms with Gasteiger partial charge in [-0.1, -0.05) is 31.3 Å². The molecule has 2 aliphatic rings. The first-order valence-electron chi connectivity index (χ1n) is 6.27. The van der Waals surface area contributed by atoms with Crippen molar-refractivity contribution in [2.24, 2.45) is 5.92 Å². The Labute approximate surface area is 106 Å². The van der Waals surface area contributed by atoms with Gasteiger partial charge in [0.05, 0.1) is 0 Å². The molecule has 0 heterocycles. The molecule has 0 aromatic heterocycles. The van der Waals surface area contributed by atoms with Gasteiger partial charge in [0.25, 0.3) is 0 Å². The molecule has 2 saturated carbocycles. The van der Waals surface area contributed by atoms with E-state index in [1.165, 1.54) is 56.9 Å². The van der Waals surface area contributed by atoms with E-state index in [-0.39, 0.29) is 18.9 Å². The Morgan fingerprint density at radius 1 is 0.867 bits per heavy atom. The van der Waals surface area contributed by atoms with Gasteiger partial charge in [0.15, 0.2) is 0 Å². The van der Waals surface area contributed by atoms with Gasteiger partial charge in [-0.2, -0.15) is 0 Å². The Hall–Kier alpha value is 0.137. The normalized spacial score (nSPS) is 23.3. The standard InChI is InChI=1S/C13H22O.Li/c14-13(11-7-3-1-4-8-11)12-9-5-2-6-10-12;/h11,14H,1-10H2;/q;+1/p-1. The maximum absolute atomic E-state index is 12.1. The van der Waals surface area contributed by atoms with Crippen LogP contribution in [-0.2, 0) is 0 Å². The maximum atomic E-state index is 12.1. The second-order valence-corrected chi connectivity index (χ2v) is 4.86. The summed E-state index contributed by atoms with van der Waals surface area (Å²) >= 11 is 0. The van der Waals surface area contributed by atoms with Crippen LogP contribution in [0.15, 0.2) is 11.3 Å². The molecule has 2 heteroatoms. The molecule has 2 fully saturated rings. The average molecular weight is 200 g/mol. The van der Waals surface area contributed by atoms with E-state index in [2.05, 4.69) is 0 Å². The monoisotopic (exact) mass is 200 g/mol. The smallest absolute Gasteiger partial charge is 0.875 e. The zero-order valence-electron chi connectivity index (χ0n) is 10.1. The van der Waals surface area contributed by atoms with Gasteiger partial charge in [-0.15, -0.1) is 5.76 Å². The SMILES string of the molecule is [Li+].[O-]C(=C1CCCCC1)C1CCCCC1. The van der Waals surface area contributed by atoms with Crippen LogP contribution >= 0.6 is 0 Å². The van der Waals surface area contributed by atoms with Crippen molar-refractivity contribution >= 4 is 0 Å². The molecule has 0 bridgehead atoms. The minimum absolute atomic E-state index is 0. The fraction of sp³-hybridized carbons (Fsp3) is 0.846. The molecule has 0 aliphatic heterocycles. The summed E-state index contributed by atoms with van der Waals surface area (Å²) in [6.07, 6.45) is 12.3. The van der Waals surface area contributed by atoms with Gasteiger partial charge in [-0.25, -0.2) is 0 Å². The van der Waals surface area contributed by atoms with Crippen molar-refractivity contribution in [3.63, 3.8) is 0 Å². The van der Waals surface area contributed by atoms with E-state index in [4.69, 9.17) is 0 Å². The molecule has 0 spiro atoms. The molecule has 2 aliphatic carbocycles. The Morgan fingerprint density at radius 2 is 1.40 bits per heavy atom. The molecular formula is C13H21LiO. The van der Waals surface area contributed by atoms with E-state index in [0.29, 0.717) is 11.7 Å². The van der Waals surface area contributed by atoms with E-state index >= 15 is 0 Å². The first kappa shape index (κ1) is 13.2. The third-order valence-electron chi connectivity index (χ3n) is 3.78. The summed E-state index contributed by atoms with van der Waals surface area (Å²) in [5.74, 6) is 0.959. The summed E-state index contributed by atoms with van der Waals surface area (Å²) < 4.78 is 0. The molecule has 15 heavy (non-hydrogen) atoms. The zero-order valence-corrected chi connectivity index (χ0v) is 10.1. The van der Waals surface area contributed by atoms with Crippen LogP contribution in [0.1, 0.15) is 64.2 Å². The molecular weight excluding hydrogens is 179 g/mol. The number of hydrogen-bond donors (Lipinski definition) is 0. The molecule has 0 atom stereocenters. The summed E-state index contributed by atoms with van der Waals surface area (Å²) in [5.41, 5.74) is 1.28. The van der Waals surface area contributed by atoms with Crippen LogP contribution in [-0.4, -0.2) is 0 Å². The van der Waals surface area contributed by atoms with Gasteiger partial charge in [-0.3, -0.25) is 0 Å². The molecule has 0 radical (unpaired) electrons. The molecule has 2 rings (SSSR count). The summed E-state index contributed by atoms with van der Waals surface area (Å²) in [4.78, 5) is 0. The van der Waals surface area contributed by atoms with E-state index < -0.39 is 0 Å². The molecule has 0 N–H and O–H groups in total. The Kier molecular flexibility index (Phi) is 5.86. The fourth-order valence-corrected chi connectivity index (χ4v) is 2.88. The Balaban J connectivity index is 0.00000112. The average Bonchev–Trinajstić information content (AvgIpc) is 2.30. The molecule has 80 valence electrons. The van der Waals surface area contributed by atoms with E-state index in [0.717, 1.165) is 12.8 Å². The maximum Gasteiger partial charge on any atom is 1.00 e. The van der Waals surface area contributed by atoms with Gasteiger partial charge in [-0.05, 0) is 44.4 Å². The molecule has 1 nitrogen and oxygen atoms in total. The van der Waals surface area contributed by atoms with Crippen LogP contribution in [0.5, 0.6) is 0 Å². The van der Waals surface area contributed by atoms with E-state index in [1.54, 1.807) is 0 Å². The van der Waals surface area contributed by atoms with Crippen LogP contribution in [0, 0.1) is 5.92 Å². The summed E-state index contributed by atoms with van der Waals surface area (Å²) in [7, 11) is 0. The van der Waals surface area contributed by atoms with Crippen LogP contribution in [0.4, 0.5) is 0 Å². The van der Waals surface area contributed by atoms with Crippen LogP contribution in [0.25, 0.3) is 0 Å². The first-order valence-corrected chi connectivity index (χ1v) is 6.27. The largest absolute Gasteiger partial charge is 1.00 e. The first-order chi connectivity index (χ1) is 6.88. The zero-order chi connectivity index (χ0) is 9.80. The van der Waals surface area contributed by atoms with Gasteiger partial charge in [0, 0.05) is 0 Å². The molecule has 0 aromatic carbocycles. The molecule has 0 aromatic rings. The fourth-order valence-electron chi connectivity index (χ4n) is 2.88. The predicted octanol–water partition coefficient (Wildman–Crippen LogP) is 0.149. The van der Waals surface area contributed by atoms with Gasteiger partial charge >= 0.3 is 18.9 Å². The Morgan fingerprint density at radius 3 is 2.00 bits per heavy atom. The van der Waals surface area contributed by atoms with Crippen molar-refractivity contribution in [1.29, 1.82) is 0 Å². The van der Waals surface area contributed by atoms with Crippen molar-refractivity contribution < 1.29 is 24.0 Å². The van der Waals surface area contributed by atoms with Crippen LogP contribution < -0.4 is 24.0 Å². The number of allylic oxidation sites excluding steroid dienone is 2. The van der Waals surface area contributed by atoms with Crippen molar-refractivity contribution in [1.82, 2.24) is 0 Å². The number of hydrogen-bond acceptors (Lipinski definition) is 1. The van der Waals surface area contributed by atoms with Crippen molar-refractivity contribution in [3.05, 3.63) is 11.3 Å². The third kappa shape index (κ3) is 3.57. The van der Waals surface area contributed by atoms with Crippen molar-refractivity contribution in [2.45, 2.75) is 64.2 Å². The molecule has 0 unspecified atom stereocenters. The second-order valence-electron chi connectivity index (χ2n) is 4.86. The number of rotatable bonds is 1. The van der Waals surface area contributed by atoms with E-state index in [9.17, 15) is 5.11 Å². The second kappa shape index (κ2) is 6.66. The third-order valence-corrected chi connectivity index (χ3v) is 3.78. The summed E-state index contributed by atoms with van der Waals surface area (Å²) in [6.45, 7) is 0.